The summed E-state index contributed by atoms with van der Waals surface area (Å²) in [6.07, 6.45) is 3.27. The Balaban J connectivity index is 2.11. The fourth-order valence-corrected chi connectivity index (χ4v) is 3.75. The summed E-state index contributed by atoms with van der Waals surface area (Å²) in [7, 11) is 0. The molecule has 1 unspecified atom stereocenters. The fourth-order valence-electron chi connectivity index (χ4n) is 3.75. The summed E-state index contributed by atoms with van der Waals surface area (Å²) < 4.78 is 7.81. The summed E-state index contributed by atoms with van der Waals surface area (Å²) in [6, 6.07) is 11.0. The number of rotatable bonds is 7. The van der Waals surface area contributed by atoms with Crippen molar-refractivity contribution in [2.24, 2.45) is 5.92 Å². The molecule has 1 atom stereocenters. The molecule has 3 aromatic rings. The van der Waals surface area contributed by atoms with Crippen molar-refractivity contribution in [1.29, 1.82) is 0 Å². The van der Waals surface area contributed by atoms with E-state index in [-0.39, 0.29) is 0 Å². The maximum Gasteiger partial charge on any atom is 0.119 e. The van der Waals surface area contributed by atoms with Crippen molar-refractivity contribution in [2.45, 2.75) is 60.8 Å². The number of benzene rings is 1. The normalized spacial score (nSPS) is 12.5. The predicted molar refractivity (Wildman–Crippen MR) is 114 cm³/mol. The van der Waals surface area contributed by atoms with Crippen molar-refractivity contribution in [2.75, 3.05) is 6.61 Å². The Labute approximate surface area is 163 Å². The first-order chi connectivity index (χ1) is 13.0. The fraction of sp³-hybridized carbons (Fsp3) is 0.458. The van der Waals surface area contributed by atoms with E-state index in [1.165, 1.54) is 39.9 Å². The van der Waals surface area contributed by atoms with E-state index in [0.717, 1.165) is 24.3 Å². The third-order valence-corrected chi connectivity index (χ3v) is 5.49. The van der Waals surface area contributed by atoms with Crippen molar-refractivity contribution in [3.05, 3.63) is 52.7 Å². The summed E-state index contributed by atoms with van der Waals surface area (Å²) in [5, 5.41) is 5.06. The van der Waals surface area contributed by atoms with Gasteiger partial charge in [0.05, 0.1) is 17.8 Å². The maximum absolute atomic E-state index is 5.68. The molecule has 0 radical (unpaired) electrons. The Morgan fingerprint density at radius 1 is 1.04 bits per heavy atom. The van der Waals surface area contributed by atoms with Crippen LogP contribution >= 0.6 is 0 Å². The van der Waals surface area contributed by atoms with Gasteiger partial charge in [-0.05, 0) is 86.6 Å². The van der Waals surface area contributed by atoms with Gasteiger partial charge in [-0.15, -0.1) is 0 Å². The van der Waals surface area contributed by atoms with Crippen LogP contribution in [0.2, 0.25) is 0 Å². The van der Waals surface area contributed by atoms with Crippen LogP contribution < -0.4 is 4.74 Å². The highest BCUT2D eigenvalue weighted by atomic mass is 16.5. The number of nitrogens with zero attached hydrogens (tertiary/aromatic N) is 2. The zero-order chi connectivity index (χ0) is 19.6. The first-order valence-corrected chi connectivity index (χ1v) is 10.2. The molecule has 0 aliphatic rings. The molecule has 3 nitrogen and oxygen atoms in total. The van der Waals surface area contributed by atoms with Gasteiger partial charge in [-0.3, -0.25) is 0 Å². The number of hydrogen-bond donors (Lipinski definition) is 0. The van der Waals surface area contributed by atoms with E-state index in [1.807, 2.05) is 6.92 Å². The van der Waals surface area contributed by atoms with Gasteiger partial charge in [0.1, 0.15) is 5.75 Å². The second kappa shape index (κ2) is 8.16. The van der Waals surface area contributed by atoms with Crippen molar-refractivity contribution in [3.8, 4) is 17.0 Å². The number of aryl methyl sites for hydroxylation is 3. The second-order valence-corrected chi connectivity index (χ2v) is 7.61. The third-order valence-electron chi connectivity index (χ3n) is 5.49. The average Bonchev–Trinajstić information content (AvgIpc) is 2.95. The van der Waals surface area contributed by atoms with Crippen LogP contribution in [0.5, 0.6) is 5.75 Å². The Hall–Kier alpha value is -2.29. The molecule has 1 aromatic carbocycles. The molecule has 0 N–H and O–H groups in total. The molecule has 144 valence electrons. The lowest BCUT2D eigenvalue weighted by Gasteiger charge is -2.14. The van der Waals surface area contributed by atoms with Gasteiger partial charge in [0, 0.05) is 11.3 Å². The molecular formula is C24H32N2O. The Morgan fingerprint density at radius 2 is 1.81 bits per heavy atom. The van der Waals surface area contributed by atoms with Crippen LogP contribution in [0.4, 0.5) is 0 Å². The molecule has 0 aliphatic carbocycles. The molecule has 0 amide bonds. The first-order valence-electron chi connectivity index (χ1n) is 10.2. The van der Waals surface area contributed by atoms with Gasteiger partial charge >= 0.3 is 0 Å². The van der Waals surface area contributed by atoms with Crippen molar-refractivity contribution in [1.82, 2.24) is 9.61 Å². The highest BCUT2D eigenvalue weighted by Crippen LogP contribution is 2.31. The van der Waals surface area contributed by atoms with E-state index < -0.39 is 0 Å². The van der Waals surface area contributed by atoms with E-state index >= 15 is 0 Å². The number of aromatic nitrogens is 2. The molecule has 3 heteroatoms. The van der Waals surface area contributed by atoms with Gasteiger partial charge in [-0.2, -0.15) is 5.10 Å². The van der Waals surface area contributed by atoms with Gasteiger partial charge < -0.3 is 4.74 Å². The van der Waals surface area contributed by atoms with E-state index in [9.17, 15) is 0 Å². The van der Waals surface area contributed by atoms with Gasteiger partial charge in [0.15, 0.2) is 0 Å². The minimum absolute atomic E-state index is 0.688. The molecule has 0 saturated carbocycles. The minimum Gasteiger partial charge on any atom is -0.494 e. The van der Waals surface area contributed by atoms with Crippen LogP contribution in [0.3, 0.4) is 0 Å². The van der Waals surface area contributed by atoms with Crippen LogP contribution in [0.25, 0.3) is 16.8 Å². The molecule has 0 aliphatic heterocycles. The van der Waals surface area contributed by atoms with E-state index in [1.54, 1.807) is 0 Å². The summed E-state index contributed by atoms with van der Waals surface area (Å²) in [5.74, 6) is 1.62. The lowest BCUT2D eigenvalue weighted by molar-refractivity contribution is 0.340. The molecule has 2 heterocycles. The Bertz CT molecular complexity index is 939. The van der Waals surface area contributed by atoms with Crippen molar-refractivity contribution in [3.63, 3.8) is 0 Å². The van der Waals surface area contributed by atoms with E-state index in [0.29, 0.717) is 12.5 Å². The summed E-state index contributed by atoms with van der Waals surface area (Å²) in [4.78, 5) is 0. The van der Waals surface area contributed by atoms with E-state index in [4.69, 9.17) is 9.84 Å². The summed E-state index contributed by atoms with van der Waals surface area (Å²) in [6.45, 7) is 13.8. The van der Waals surface area contributed by atoms with Gasteiger partial charge in [-0.25, -0.2) is 4.52 Å². The Kier molecular flexibility index (Phi) is 5.88. The quantitative estimate of drug-likeness (QED) is 0.501. The van der Waals surface area contributed by atoms with Crippen LogP contribution in [0.1, 0.15) is 56.5 Å². The number of fused-ring (bicyclic) bond motifs is 1. The maximum atomic E-state index is 5.68. The lowest BCUT2D eigenvalue weighted by atomic mass is 9.97. The lowest BCUT2D eigenvalue weighted by Crippen LogP contribution is -2.03. The van der Waals surface area contributed by atoms with Crippen LogP contribution in [-0.2, 0) is 12.8 Å². The molecule has 0 bridgehead atoms. The Morgan fingerprint density at radius 3 is 2.48 bits per heavy atom. The summed E-state index contributed by atoms with van der Waals surface area (Å²) in [5.41, 5.74) is 8.64. The largest absolute Gasteiger partial charge is 0.494 e. The summed E-state index contributed by atoms with van der Waals surface area (Å²) >= 11 is 0. The monoisotopic (exact) mass is 364 g/mol. The van der Waals surface area contributed by atoms with Gasteiger partial charge in [-0.1, -0.05) is 27.2 Å². The van der Waals surface area contributed by atoms with Crippen molar-refractivity contribution < 1.29 is 4.74 Å². The highest BCUT2D eigenvalue weighted by molar-refractivity contribution is 5.71. The number of ether oxygens (including phenoxy) is 1. The predicted octanol–water partition coefficient (Wildman–Crippen LogP) is 6.17. The average molecular weight is 365 g/mol. The molecule has 2 aromatic heterocycles. The zero-order valence-corrected chi connectivity index (χ0v) is 17.6. The van der Waals surface area contributed by atoms with Gasteiger partial charge in [0.2, 0.25) is 0 Å². The third kappa shape index (κ3) is 3.87. The first kappa shape index (κ1) is 19.5. The van der Waals surface area contributed by atoms with Crippen LogP contribution in [0, 0.1) is 19.8 Å². The molecule has 0 fully saturated rings. The second-order valence-electron chi connectivity index (χ2n) is 7.61. The topological polar surface area (TPSA) is 26.5 Å². The molecule has 3 rings (SSSR count). The standard InChI is InChI=1S/C24H32N2O/c1-7-16(4)12-20-14-18(6)26-23(20)13-17(5)24(25-26)22-11-10-21(27-9-3)15-19(22)8-2/h10-11,13-16H,7-9,12H2,1-6H3. The van der Waals surface area contributed by atoms with Crippen molar-refractivity contribution >= 4 is 5.52 Å². The molecule has 27 heavy (non-hydrogen) atoms. The SMILES string of the molecule is CCOc1ccc(-c2nn3c(C)cc(CC(C)CC)c3cc2C)c(CC)c1. The van der Waals surface area contributed by atoms with Crippen LogP contribution in [-0.4, -0.2) is 16.2 Å². The molecular weight excluding hydrogens is 332 g/mol. The number of hydrogen-bond acceptors (Lipinski definition) is 2. The smallest absolute Gasteiger partial charge is 0.119 e. The highest BCUT2D eigenvalue weighted by Gasteiger charge is 2.15. The zero-order valence-electron chi connectivity index (χ0n) is 17.6. The minimum atomic E-state index is 0.688. The van der Waals surface area contributed by atoms with Gasteiger partial charge in [0.25, 0.3) is 0 Å². The molecule has 0 spiro atoms. The molecule has 0 saturated heterocycles. The van der Waals surface area contributed by atoms with E-state index in [2.05, 4.69) is 69.5 Å². The van der Waals surface area contributed by atoms with Crippen LogP contribution in [0.15, 0.2) is 30.3 Å².